The summed E-state index contributed by atoms with van der Waals surface area (Å²) >= 11 is 0. The Morgan fingerprint density at radius 2 is 1.95 bits per heavy atom. The van der Waals surface area contributed by atoms with Gasteiger partial charge in [-0.3, -0.25) is 9.88 Å². The van der Waals surface area contributed by atoms with E-state index in [0.717, 1.165) is 74.8 Å². The number of aromatic hydroxyl groups is 1. The number of halogens is 1. The van der Waals surface area contributed by atoms with Crippen LogP contribution in [0.1, 0.15) is 49.7 Å². The van der Waals surface area contributed by atoms with Gasteiger partial charge in [-0.1, -0.05) is 12.1 Å². The Kier molecular flexibility index (Phi) is 5.40. The van der Waals surface area contributed by atoms with Crippen LogP contribution < -0.4 is 15.0 Å². The average molecular weight is 593 g/mol. The van der Waals surface area contributed by atoms with E-state index in [1.54, 1.807) is 18.3 Å². The Morgan fingerprint density at radius 1 is 1.07 bits per heavy atom. The molecule has 226 valence electrons. The summed E-state index contributed by atoms with van der Waals surface area (Å²) in [5.74, 6) is 1.82. The van der Waals surface area contributed by atoms with Crippen molar-refractivity contribution in [2.45, 2.75) is 69.0 Å². The van der Waals surface area contributed by atoms with E-state index in [1.807, 2.05) is 6.07 Å². The highest BCUT2D eigenvalue weighted by molar-refractivity contribution is 6.02. The second-order valence-electron chi connectivity index (χ2n) is 14.2. The lowest BCUT2D eigenvalue weighted by Crippen LogP contribution is -2.51. The predicted octanol–water partition coefficient (Wildman–Crippen LogP) is 4.98. The molecule has 0 amide bonds. The largest absolute Gasteiger partial charge is 0.508 e. The van der Waals surface area contributed by atoms with Crippen LogP contribution in [0.25, 0.3) is 32.9 Å². The third-order valence-corrected chi connectivity index (χ3v) is 11.8. The summed E-state index contributed by atoms with van der Waals surface area (Å²) in [5, 5.41) is 16.9. The van der Waals surface area contributed by atoms with Gasteiger partial charge in [0.1, 0.15) is 29.4 Å². The predicted molar refractivity (Wildman–Crippen MR) is 167 cm³/mol. The molecule has 0 radical (unpaired) electrons. The molecule has 2 aromatic heterocycles. The minimum atomic E-state index is -0.486. The van der Waals surface area contributed by atoms with Crippen LogP contribution in [0.2, 0.25) is 0 Å². The molecular weight excluding hydrogens is 555 g/mol. The number of aryl methyl sites for hydroxylation is 2. The first-order valence-corrected chi connectivity index (χ1v) is 16.6. The SMILES string of the molecule is Oc1cc(-c2ncc3c(N4C[C@H]5CC[C@@H](C4)N5)nc(OC[C@@]45CCCN4C[C@H]4C[C@H]45)nc3c2F)c2c3c(ccc2c1)CCC3. The number of phenolic OH excluding ortho intramolecular Hbond substituents is 1. The van der Waals surface area contributed by atoms with Crippen LogP contribution in [-0.4, -0.2) is 75.4 Å². The molecule has 1 saturated carbocycles. The number of anilines is 1. The minimum Gasteiger partial charge on any atom is -0.508 e. The Bertz CT molecular complexity index is 1850. The number of rotatable bonds is 5. The van der Waals surface area contributed by atoms with Crippen molar-refractivity contribution in [3.63, 3.8) is 0 Å². The molecule has 9 heteroatoms. The van der Waals surface area contributed by atoms with Gasteiger partial charge in [0.05, 0.1) is 10.9 Å². The Hall–Kier alpha value is -3.56. The van der Waals surface area contributed by atoms with Gasteiger partial charge in [-0.25, -0.2) is 4.39 Å². The van der Waals surface area contributed by atoms with Crippen LogP contribution in [0, 0.1) is 17.7 Å². The van der Waals surface area contributed by atoms with Gasteiger partial charge in [0.15, 0.2) is 5.82 Å². The number of nitrogens with one attached hydrogen (secondary N) is 1. The highest BCUT2D eigenvalue weighted by atomic mass is 19.1. The normalized spacial score (nSPS) is 30.2. The van der Waals surface area contributed by atoms with Crippen LogP contribution in [-0.2, 0) is 12.8 Å². The summed E-state index contributed by atoms with van der Waals surface area (Å²) in [4.78, 5) is 19.4. The molecule has 0 unspecified atom stereocenters. The topological polar surface area (TPSA) is 86.6 Å². The molecule has 6 aliphatic rings. The third kappa shape index (κ3) is 3.71. The summed E-state index contributed by atoms with van der Waals surface area (Å²) in [5.41, 5.74) is 3.67. The molecule has 8 nitrogen and oxygen atoms in total. The number of fused-ring (bicyclic) bond motifs is 9. The maximum absolute atomic E-state index is 17.0. The van der Waals surface area contributed by atoms with E-state index in [4.69, 9.17) is 19.7 Å². The Labute approximate surface area is 255 Å². The molecule has 5 fully saturated rings. The van der Waals surface area contributed by atoms with Crippen molar-refractivity contribution in [2.75, 3.05) is 37.7 Å². The van der Waals surface area contributed by atoms with Gasteiger partial charge in [-0.15, -0.1) is 0 Å². The molecule has 4 aromatic rings. The van der Waals surface area contributed by atoms with Gasteiger partial charge < -0.3 is 20.1 Å². The first-order valence-electron chi connectivity index (χ1n) is 16.6. The molecule has 0 spiro atoms. The lowest BCUT2D eigenvalue weighted by molar-refractivity contribution is 0.0829. The number of phenols is 1. The molecule has 10 rings (SSSR count). The summed E-state index contributed by atoms with van der Waals surface area (Å²) in [7, 11) is 0. The minimum absolute atomic E-state index is 0.0696. The van der Waals surface area contributed by atoms with Crippen molar-refractivity contribution in [3.8, 4) is 23.0 Å². The standard InChI is InChI=1S/C35H37FN6O2/c36-30-31(26-13-24(43)11-20-6-5-19-3-1-4-25(19)29(20)26)37-14-27-32(30)39-34(40-33(27)41-16-22-7-8-23(17-41)38-22)44-18-35-9-2-10-42(35)15-21-12-28(21)35/h5-6,11,13-14,21-23,28,38,43H,1-4,7-10,12,15-18H2/t21-,22-,23+,28-,35-/m1/s1. The molecule has 5 atom stereocenters. The average Bonchev–Trinajstić information content (AvgIpc) is 3.35. The quantitative estimate of drug-likeness (QED) is 0.336. The zero-order valence-corrected chi connectivity index (χ0v) is 24.9. The van der Waals surface area contributed by atoms with E-state index in [1.165, 1.54) is 30.5 Å². The van der Waals surface area contributed by atoms with Crippen LogP contribution in [0.15, 0.2) is 30.5 Å². The zero-order chi connectivity index (χ0) is 29.2. The maximum atomic E-state index is 17.0. The number of piperazine rings is 1. The number of nitrogens with zero attached hydrogens (tertiary/aromatic N) is 5. The Balaban J connectivity index is 1.12. The second-order valence-corrected chi connectivity index (χ2v) is 14.2. The summed E-state index contributed by atoms with van der Waals surface area (Å²) < 4.78 is 23.5. The number of ether oxygens (including phenoxy) is 1. The van der Waals surface area contributed by atoms with Crippen LogP contribution in [0.3, 0.4) is 0 Å². The molecule has 4 saturated heterocycles. The van der Waals surface area contributed by atoms with Crippen LogP contribution in [0.4, 0.5) is 10.2 Å². The maximum Gasteiger partial charge on any atom is 0.319 e. The fraction of sp³-hybridized carbons (Fsp3) is 0.514. The fourth-order valence-electron chi connectivity index (χ4n) is 9.72. The van der Waals surface area contributed by atoms with Crippen molar-refractivity contribution in [1.82, 2.24) is 25.2 Å². The molecule has 2 aliphatic carbocycles. The van der Waals surface area contributed by atoms with E-state index in [9.17, 15) is 5.11 Å². The summed E-state index contributed by atoms with van der Waals surface area (Å²) in [6, 6.07) is 8.65. The molecular formula is C35H37FN6O2. The number of pyridine rings is 1. The summed E-state index contributed by atoms with van der Waals surface area (Å²) in [6.45, 7) is 4.49. The smallest absolute Gasteiger partial charge is 0.319 e. The second kappa shape index (κ2) is 9.23. The van der Waals surface area contributed by atoms with Gasteiger partial charge in [-0.2, -0.15) is 9.97 Å². The van der Waals surface area contributed by atoms with E-state index >= 15 is 4.39 Å². The summed E-state index contributed by atoms with van der Waals surface area (Å²) in [6.07, 6.45) is 10.7. The van der Waals surface area contributed by atoms with Crippen LogP contribution >= 0.6 is 0 Å². The molecule has 44 heavy (non-hydrogen) atoms. The first-order chi connectivity index (χ1) is 21.5. The highest BCUT2D eigenvalue weighted by Crippen LogP contribution is 2.59. The van der Waals surface area contributed by atoms with Gasteiger partial charge in [-0.05, 0) is 104 Å². The van der Waals surface area contributed by atoms with Crippen LogP contribution in [0.5, 0.6) is 11.8 Å². The van der Waals surface area contributed by atoms with E-state index < -0.39 is 5.82 Å². The number of benzene rings is 2. The molecule has 2 N–H and O–H groups in total. The van der Waals surface area contributed by atoms with E-state index in [-0.39, 0.29) is 28.5 Å². The number of piperidine rings is 1. The lowest BCUT2D eigenvalue weighted by atomic mass is 9.92. The van der Waals surface area contributed by atoms with Gasteiger partial charge in [0.25, 0.3) is 0 Å². The van der Waals surface area contributed by atoms with Crippen molar-refractivity contribution < 1.29 is 14.2 Å². The Morgan fingerprint density at radius 3 is 2.84 bits per heavy atom. The van der Waals surface area contributed by atoms with Crippen molar-refractivity contribution in [1.29, 1.82) is 0 Å². The van der Waals surface area contributed by atoms with Gasteiger partial charge in [0, 0.05) is 43.5 Å². The monoisotopic (exact) mass is 592 g/mol. The first kappa shape index (κ1) is 25.7. The molecule has 2 bridgehead atoms. The third-order valence-electron chi connectivity index (χ3n) is 11.8. The molecule has 4 aliphatic heterocycles. The van der Waals surface area contributed by atoms with E-state index in [2.05, 4.69) is 21.2 Å². The highest BCUT2D eigenvalue weighted by Gasteiger charge is 2.63. The van der Waals surface area contributed by atoms with Crippen molar-refractivity contribution in [2.24, 2.45) is 11.8 Å². The zero-order valence-electron chi connectivity index (χ0n) is 24.9. The van der Waals surface area contributed by atoms with Crippen molar-refractivity contribution in [3.05, 3.63) is 47.4 Å². The van der Waals surface area contributed by atoms with Gasteiger partial charge >= 0.3 is 6.01 Å². The number of aromatic nitrogens is 3. The molecule has 6 heterocycles. The van der Waals surface area contributed by atoms with Gasteiger partial charge in [0.2, 0.25) is 0 Å². The number of hydrogen-bond donors (Lipinski definition) is 2. The number of hydrogen-bond acceptors (Lipinski definition) is 8. The fourth-order valence-corrected chi connectivity index (χ4v) is 9.72. The van der Waals surface area contributed by atoms with Crippen molar-refractivity contribution >= 4 is 27.5 Å². The van der Waals surface area contributed by atoms with E-state index in [0.29, 0.717) is 41.4 Å². The lowest BCUT2D eigenvalue weighted by Gasteiger charge is -2.35. The molecule has 2 aromatic carbocycles.